The van der Waals surface area contributed by atoms with E-state index in [2.05, 4.69) is 77.4 Å². The second kappa shape index (κ2) is 12.3. The van der Waals surface area contributed by atoms with Crippen LogP contribution >= 0.6 is 0 Å². The molecule has 0 aliphatic carbocycles. The highest BCUT2D eigenvalue weighted by Crippen LogP contribution is 2.48. The van der Waals surface area contributed by atoms with E-state index in [1.807, 2.05) is 66.5 Å². The molecule has 1 aliphatic heterocycles. The fraction of sp³-hybridized carbons (Fsp3) is 0.0435. The number of amidine groups is 2. The van der Waals surface area contributed by atoms with E-state index in [0.29, 0.717) is 17.2 Å². The van der Waals surface area contributed by atoms with Crippen LogP contribution in [-0.2, 0) is 0 Å². The lowest BCUT2D eigenvalue weighted by molar-refractivity contribution is 0.347. The lowest BCUT2D eigenvalue weighted by Crippen LogP contribution is -2.35. The standard InChI is InChI=1S/C46H32N4O5/c1-49-45(28-23-21-26(22-24-28)33-25-37(51)41(53)42(54)40(33)52)47-44(27-11-3-2-4-12-27)48-46(49)32-16-10-20-38-39(32)31-15-9-19-36(43(31)55-38)50-34-17-7-5-13-29(34)30-14-6-8-18-35(30)50/h2-25,46,51-54H,1H3. The van der Waals surface area contributed by atoms with Gasteiger partial charge >= 0.3 is 0 Å². The van der Waals surface area contributed by atoms with E-state index in [9.17, 15) is 20.4 Å². The van der Waals surface area contributed by atoms with Crippen molar-refractivity contribution in [3.63, 3.8) is 0 Å². The molecule has 9 aromatic rings. The molecule has 9 heteroatoms. The second-order valence-electron chi connectivity index (χ2n) is 13.7. The topological polar surface area (TPSA) is 127 Å². The molecule has 0 saturated heterocycles. The zero-order valence-corrected chi connectivity index (χ0v) is 29.4. The Morgan fingerprint density at radius 2 is 1.22 bits per heavy atom. The Kier molecular flexibility index (Phi) is 7.18. The third-order valence-corrected chi connectivity index (χ3v) is 10.5. The molecule has 0 fully saturated rings. The van der Waals surface area contributed by atoms with Gasteiger partial charge in [-0.3, -0.25) is 0 Å². The maximum atomic E-state index is 10.6. The number of aromatic hydroxyl groups is 4. The summed E-state index contributed by atoms with van der Waals surface area (Å²) in [4.78, 5) is 12.4. The van der Waals surface area contributed by atoms with Gasteiger partial charge in [-0.1, -0.05) is 115 Å². The third kappa shape index (κ3) is 4.94. The number of aliphatic imine (C=N–C) groups is 2. The van der Waals surface area contributed by atoms with Crippen LogP contribution in [-0.4, -0.2) is 48.6 Å². The Bertz CT molecular complexity index is 3000. The number of rotatable bonds is 5. The Labute approximate surface area is 314 Å². The number of nitrogens with zero attached hydrogens (tertiary/aromatic N) is 4. The van der Waals surface area contributed by atoms with Crippen LogP contribution in [0.25, 0.3) is 60.6 Å². The van der Waals surface area contributed by atoms with Gasteiger partial charge in [0, 0.05) is 50.8 Å². The zero-order valence-electron chi connectivity index (χ0n) is 29.4. The van der Waals surface area contributed by atoms with Crippen LogP contribution in [0, 0.1) is 0 Å². The average Bonchev–Trinajstić information content (AvgIpc) is 3.78. The maximum absolute atomic E-state index is 10.6. The molecule has 9 nitrogen and oxygen atoms in total. The number of furan rings is 1. The molecule has 2 aromatic heterocycles. The Morgan fingerprint density at radius 3 is 1.95 bits per heavy atom. The van der Waals surface area contributed by atoms with E-state index in [-0.39, 0.29) is 5.56 Å². The minimum absolute atomic E-state index is 0.168. The maximum Gasteiger partial charge on any atom is 0.204 e. The first kappa shape index (κ1) is 32.2. The van der Waals surface area contributed by atoms with Crippen molar-refractivity contribution in [1.29, 1.82) is 0 Å². The molecule has 0 bridgehead atoms. The average molecular weight is 721 g/mol. The Hall–Kier alpha value is -7.52. The number of fused-ring (bicyclic) bond motifs is 6. The number of benzene rings is 7. The van der Waals surface area contributed by atoms with E-state index >= 15 is 0 Å². The van der Waals surface area contributed by atoms with Gasteiger partial charge in [-0.05, 0) is 35.9 Å². The number of aromatic nitrogens is 1. The molecule has 1 atom stereocenters. The van der Waals surface area contributed by atoms with Gasteiger partial charge in [0.25, 0.3) is 0 Å². The van der Waals surface area contributed by atoms with Crippen LogP contribution in [0.15, 0.2) is 160 Å². The summed E-state index contributed by atoms with van der Waals surface area (Å²) in [5, 5.41) is 45.0. The van der Waals surface area contributed by atoms with Crippen molar-refractivity contribution >= 4 is 55.4 Å². The van der Waals surface area contributed by atoms with Crippen LogP contribution in [0.1, 0.15) is 22.9 Å². The fourth-order valence-corrected chi connectivity index (χ4v) is 7.89. The number of phenolic OH excluding ortho intramolecular Hbond substituents is 4. The van der Waals surface area contributed by atoms with Crippen molar-refractivity contribution in [3.05, 3.63) is 162 Å². The molecule has 0 spiro atoms. The minimum Gasteiger partial charge on any atom is -0.504 e. The van der Waals surface area contributed by atoms with Gasteiger partial charge in [0.05, 0.1) is 16.7 Å². The van der Waals surface area contributed by atoms with Crippen molar-refractivity contribution in [1.82, 2.24) is 9.47 Å². The Balaban J connectivity index is 1.13. The summed E-state index contributed by atoms with van der Waals surface area (Å²) in [6.07, 6.45) is -0.487. The van der Waals surface area contributed by atoms with Gasteiger partial charge in [0.15, 0.2) is 29.1 Å². The fourth-order valence-electron chi connectivity index (χ4n) is 7.89. The zero-order chi connectivity index (χ0) is 37.4. The van der Waals surface area contributed by atoms with Gasteiger partial charge in [0.1, 0.15) is 11.4 Å². The quantitative estimate of drug-likeness (QED) is 0.104. The van der Waals surface area contributed by atoms with E-state index in [4.69, 9.17) is 14.4 Å². The van der Waals surface area contributed by atoms with Gasteiger partial charge in [-0.2, -0.15) is 0 Å². The summed E-state index contributed by atoms with van der Waals surface area (Å²) in [5.74, 6) is -1.40. The molecule has 55 heavy (non-hydrogen) atoms. The molecule has 0 amide bonds. The van der Waals surface area contributed by atoms with Crippen molar-refractivity contribution in [2.24, 2.45) is 9.98 Å². The normalized spacial score (nSPS) is 14.6. The molecule has 1 aliphatic rings. The molecule has 0 radical (unpaired) electrons. The van der Waals surface area contributed by atoms with E-state index < -0.39 is 29.2 Å². The number of para-hydroxylation sites is 3. The molecule has 10 rings (SSSR count). The SMILES string of the molecule is CN1C(c2ccc(-c3cc(O)c(O)c(O)c3O)cc2)=NC(c2ccccc2)=NC1c1cccc2oc3c(-n4c5ccccc5c5ccccc54)cccc3c12. The molecular weight excluding hydrogens is 689 g/mol. The van der Waals surface area contributed by atoms with Gasteiger partial charge < -0.3 is 34.3 Å². The molecule has 4 N–H and O–H groups in total. The van der Waals surface area contributed by atoms with Gasteiger partial charge in [-0.15, -0.1) is 0 Å². The van der Waals surface area contributed by atoms with E-state index in [1.54, 1.807) is 12.1 Å². The molecule has 1 unspecified atom stereocenters. The lowest BCUT2D eigenvalue weighted by Gasteiger charge is -2.33. The molecule has 3 heterocycles. The third-order valence-electron chi connectivity index (χ3n) is 10.5. The molecule has 7 aromatic carbocycles. The number of phenols is 4. The predicted octanol–water partition coefficient (Wildman–Crippen LogP) is 10.0. The molecule has 266 valence electrons. The first-order chi connectivity index (χ1) is 26.9. The van der Waals surface area contributed by atoms with Crippen LogP contribution < -0.4 is 0 Å². The summed E-state index contributed by atoms with van der Waals surface area (Å²) in [5.41, 5.74) is 7.97. The van der Waals surface area contributed by atoms with Crippen LogP contribution in [0.4, 0.5) is 0 Å². The highest BCUT2D eigenvalue weighted by Gasteiger charge is 2.30. The predicted molar refractivity (Wildman–Crippen MR) is 217 cm³/mol. The molecular formula is C46H32N4O5. The van der Waals surface area contributed by atoms with E-state index in [0.717, 1.165) is 55.3 Å². The van der Waals surface area contributed by atoms with Crippen LogP contribution in [0.3, 0.4) is 0 Å². The van der Waals surface area contributed by atoms with Crippen molar-refractivity contribution in [2.75, 3.05) is 7.05 Å². The smallest absolute Gasteiger partial charge is 0.204 e. The highest BCUT2D eigenvalue weighted by atomic mass is 16.3. The van der Waals surface area contributed by atoms with Crippen molar-refractivity contribution in [3.8, 4) is 39.8 Å². The summed E-state index contributed by atoms with van der Waals surface area (Å²) in [6.45, 7) is 0. The minimum atomic E-state index is -0.787. The number of hydrogen-bond donors (Lipinski definition) is 4. The summed E-state index contributed by atoms with van der Waals surface area (Å²) in [7, 11) is 1.97. The Morgan fingerprint density at radius 1 is 0.582 bits per heavy atom. The second-order valence-corrected chi connectivity index (χ2v) is 13.7. The van der Waals surface area contributed by atoms with Crippen LogP contribution in [0.2, 0.25) is 0 Å². The van der Waals surface area contributed by atoms with Crippen LogP contribution in [0.5, 0.6) is 23.0 Å². The monoisotopic (exact) mass is 720 g/mol. The largest absolute Gasteiger partial charge is 0.504 e. The summed E-state index contributed by atoms with van der Waals surface area (Å²) >= 11 is 0. The van der Waals surface area contributed by atoms with Crippen molar-refractivity contribution in [2.45, 2.75) is 6.17 Å². The summed E-state index contributed by atoms with van der Waals surface area (Å²) in [6, 6.07) is 47.6. The first-order valence-corrected chi connectivity index (χ1v) is 17.8. The highest BCUT2D eigenvalue weighted by molar-refractivity contribution is 6.15. The van der Waals surface area contributed by atoms with E-state index in [1.165, 1.54) is 16.8 Å². The van der Waals surface area contributed by atoms with Gasteiger partial charge in [0.2, 0.25) is 11.5 Å². The first-order valence-electron chi connectivity index (χ1n) is 17.8. The lowest BCUT2D eigenvalue weighted by atomic mass is 9.99. The molecule has 0 saturated carbocycles. The number of hydrogen-bond acceptors (Lipinski definition) is 8. The van der Waals surface area contributed by atoms with Gasteiger partial charge in [-0.25, -0.2) is 9.98 Å². The summed E-state index contributed by atoms with van der Waals surface area (Å²) < 4.78 is 9.07. The van der Waals surface area contributed by atoms with Crippen molar-refractivity contribution < 1.29 is 24.8 Å².